The molecule has 0 bridgehead atoms. The number of nitrogens with one attached hydrogen (secondary N) is 1. The Hall–Kier alpha value is -0.610. The number of nitrogens with two attached hydrogens (primary N) is 1. The highest BCUT2D eigenvalue weighted by molar-refractivity contribution is 5.77. The van der Waals surface area contributed by atoms with E-state index >= 15 is 0 Å². The van der Waals surface area contributed by atoms with Gasteiger partial charge in [-0.15, -0.1) is 0 Å². The quantitative estimate of drug-likeness (QED) is 0.662. The van der Waals surface area contributed by atoms with Crippen LogP contribution >= 0.6 is 0 Å². The molecule has 0 aliphatic heterocycles. The van der Waals surface area contributed by atoms with Crippen LogP contribution in [0.15, 0.2) is 0 Å². The number of hydrogen-bond donors (Lipinski definition) is 3. The molecule has 18 heavy (non-hydrogen) atoms. The number of carbonyl (C=O) groups excluding carboxylic acids is 1. The number of aliphatic hydroxyl groups is 1. The summed E-state index contributed by atoms with van der Waals surface area (Å²) in [5.41, 5.74) is 5.83. The maximum absolute atomic E-state index is 12.1. The van der Waals surface area contributed by atoms with Crippen molar-refractivity contribution in [3.63, 3.8) is 0 Å². The van der Waals surface area contributed by atoms with Crippen LogP contribution in [0, 0.1) is 5.41 Å². The molecule has 2 unspecified atom stereocenters. The van der Waals surface area contributed by atoms with Crippen LogP contribution in [0.1, 0.15) is 57.8 Å². The van der Waals surface area contributed by atoms with Gasteiger partial charge in [0.15, 0.2) is 0 Å². The van der Waals surface area contributed by atoms with E-state index in [-0.39, 0.29) is 23.5 Å². The minimum Gasteiger partial charge on any atom is -0.391 e. The Morgan fingerprint density at radius 3 is 2.56 bits per heavy atom. The summed E-state index contributed by atoms with van der Waals surface area (Å²) in [6, 6.07) is -0.0464. The van der Waals surface area contributed by atoms with Crippen LogP contribution in [0.25, 0.3) is 0 Å². The monoisotopic (exact) mass is 254 g/mol. The number of carbonyl (C=O) groups is 1. The molecule has 0 spiro atoms. The Labute approximate surface area is 109 Å². The molecule has 2 aliphatic carbocycles. The highest BCUT2D eigenvalue weighted by Gasteiger charge is 2.38. The normalized spacial score (nSPS) is 31.2. The van der Waals surface area contributed by atoms with Crippen LogP contribution in [0.4, 0.5) is 0 Å². The topological polar surface area (TPSA) is 75.4 Å². The molecule has 0 aromatic carbocycles. The Balaban J connectivity index is 1.82. The Morgan fingerprint density at radius 2 is 1.94 bits per heavy atom. The molecular weight excluding hydrogens is 228 g/mol. The molecule has 2 aliphatic rings. The number of aliphatic hydroxyl groups excluding tert-OH is 1. The Kier molecular flexibility index (Phi) is 4.62. The summed E-state index contributed by atoms with van der Waals surface area (Å²) in [5, 5.41) is 13.0. The summed E-state index contributed by atoms with van der Waals surface area (Å²) in [5.74, 6) is 0.0751. The van der Waals surface area contributed by atoms with E-state index < -0.39 is 0 Å². The van der Waals surface area contributed by atoms with Crippen molar-refractivity contribution in [2.45, 2.75) is 69.9 Å². The fraction of sp³-hybridized carbons (Fsp3) is 0.929. The molecular formula is C14H26N2O2. The van der Waals surface area contributed by atoms with Crippen molar-refractivity contribution in [2.75, 3.05) is 6.54 Å². The van der Waals surface area contributed by atoms with E-state index in [1.807, 2.05) is 0 Å². The lowest BCUT2D eigenvalue weighted by atomic mass is 9.66. The van der Waals surface area contributed by atoms with Crippen molar-refractivity contribution in [3.8, 4) is 0 Å². The van der Waals surface area contributed by atoms with Gasteiger partial charge in [0.25, 0.3) is 0 Å². The lowest BCUT2D eigenvalue weighted by Crippen LogP contribution is -2.47. The predicted molar refractivity (Wildman–Crippen MR) is 71.0 cm³/mol. The summed E-state index contributed by atoms with van der Waals surface area (Å²) in [4.78, 5) is 12.1. The predicted octanol–water partition coefficient (Wildman–Crippen LogP) is 1.32. The van der Waals surface area contributed by atoms with Crippen LogP contribution < -0.4 is 11.1 Å². The average molecular weight is 254 g/mol. The van der Waals surface area contributed by atoms with E-state index in [0.717, 1.165) is 44.9 Å². The Bertz CT molecular complexity index is 284. The van der Waals surface area contributed by atoms with Gasteiger partial charge in [-0.2, -0.15) is 0 Å². The zero-order chi connectivity index (χ0) is 13.0. The van der Waals surface area contributed by atoms with Gasteiger partial charge in [0, 0.05) is 6.42 Å². The van der Waals surface area contributed by atoms with Gasteiger partial charge >= 0.3 is 0 Å². The van der Waals surface area contributed by atoms with E-state index in [1.165, 1.54) is 6.42 Å². The molecule has 2 rings (SSSR count). The molecule has 2 saturated carbocycles. The van der Waals surface area contributed by atoms with Gasteiger partial charge in [-0.1, -0.05) is 25.7 Å². The second kappa shape index (κ2) is 6.02. The molecule has 0 radical (unpaired) electrons. The largest absolute Gasteiger partial charge is 0.391 e. The van der Waals surface area contributed by atoms with Gasteiger partial charge in [0.05, 0.1) is 12.1 Å². The number of amides is 1. The fourth-order valence-corrected chi connectivity index (χ4v) is 3.18. The van der Waals surface area contributed by atoms with Crippen LogP contribution in [-0.4, -0.2) is 29.7 Å². The van der Waals surface area contributed by atoms with Crippen molar-refractivity contribution in [1.82, 2.24) is 5.32 Å². The van der Waals surface area contributed by atoms with Crippen molar-refractivity contribution >= 4 is 5.91 Å². The molecule has 4 N–H and O–H groups in total. The molecule has 2 fully saturated rings. The second-order valence-corrected chi connectivity index (χ2v) is 6.11. The summed E-state index contributed by atoms with van der Waals surface area (Å²) in [7, 11) is 0. The van der Waals surface area contributed by atoms with Crippen molar-refractivity contribution in [2.24, 2.45) is 11.1 Å². The minimum absolute atomic E-state index is 0.0464. The van der Waals surface area contributed by atoms with Gasteiger partial charge in [0.1, 0.15) is 0 Å². The molecule has 4 heteroatoms. The van der Waals surface area contributed by atoms with Crippen molar-refractivity contribution in [3.05, 3.63) is 0 Å². The van der Waals surface area contributed by atoms with Gasteiger partial charge in [0.2, 0.25) is 5.91 Å². The second-order valence-electron chi connectivity index (χ2n) is 6.11. The van der Waals surface area contributed by atoms with Crippen molar-refractivity contribution in [1.29, 1.82) is 0 Å². The lowest BCUT2D eigenvalue weighted by molar-refractivity contribution is -0.126. The first kappa shape index (κ1) is 13.8. The minimum atomic E-state index is -0.369. The smallest absolute Gasteiger partial charge is 0.220 e. The summed E-state index contributed by atoms with van der Waals surface area (Å²) in [6.45, 7) is 0.605. The van der Waals surface area contributed by atoms with Crippen LogP contribution in [0.2, 0.25) is 0 Å². The number of rotatable bonds is 4. The molecule has 0 aromatic rings. The molecule has 0 saturated heterocycles. The van der Waals surface area contributed by atoms with Crippen LogP contribution in [-0.2, 0) is 4.79 Å². The molecule has 104 valence electrons. The first-order chi connectivity index (χ1) is 8.65. The van der Waals surface area contributed by atoms with E-state index in [2.05, 4.69) is 5.32 Å². The highest BCUT2D eigenvalue weighted by Crippen LogP contribution is 2.42. The third-order valence-corrected chi connectivity index (χ3v) is 4.71. The summed E-state index contributed by atoms with van der Waals surface area (Å²) >= 11 is 0. The van der Waals surface area contributed by atoms with E-state index in [0.29, 0.717) is 13.0 Å². The first-order valence-corrected chi connectivity index (χ1v) is 7.33. The highest BCUT2D eigenvalue weighted by atomic mass is 16.3. The van der Waals surface area contributed by atoms with E-state index in [9.17, 15) is 9.90 Å². The Morgan fingerprint density at radius 1 is 1.22 bits per heavy atom. The van der Waals surface area contributed by atoms with Gasteiger partial charge < -0.3 is 16.2 Å². The van der Waals surface area contributed by atoms with Crippen LogP contribution in [0.3, 0.4) is 0 Å². The third-order valence-electron chi connectivity index (χ3n) is 4.71. The summed E-state index contributed by atoms with van der Waals surface area (Å²) in [6.07, 6.45) is 8.56. The zero-order valence-electron chi connectivity index (χ0n) is 11.2. The van der Waals surface area contributed by atoms with Gasteiger partial charge in [-0.25, -0.2) is 0 Å². The lowest BCUT2D eigenvalue weighted by Gasteiger charge is -2.40. The molecule has 4 nitrogen and oxygen atoms in total. The van der Waals surface area contributed by atoms with Crippen LogP contribution in [0.5, 0.6) is 0 Å². The maximum Gasteiger partial charge on any atom is 0.220 e. The fourth-order valence-electron chi connectivity index (χ4n) is 3.18. The molecule has 2 atom stereocenters. The summed E-state index contributed by atoms with van der Waals surface area (Å²) < 4.78 is 0. The van der Waals surface area contributed by atoms with E-state index in [1.54, 1.807) is 0 Å². The van der Waals surface area contributed by atoms with Gasteiger partial charge in [-0.3, -0.25) is 4.79 Å². The zero-order valence-corrected chi connectivity index (χ0v) is 11.2. The molecule has 1 amide bonds. The molecule has 0 heterocycles. The average Bonchev–Trinajstić information content (AvgIpc) is 2.50. The van der Waals surface area contributed by atoms with E-state index in [4.69, 9.17) is 5.73 Å². The van der Waals surface area contributed by atoms with Crippen molar-refractivity contribution < 1.29 is 9.90 Å². The maximum atomic E-state index is 12.1. The number of hydrogen-bond acceptors (Lipinski definition) is 3. The third kappa shape index (κ3) is 3.23. The standard InChI is InChI=1S/C14H26N2O2/c15-10-14(7-4-8-14)9-13(18)16-11-5-2-1-3-6-12(11)17/h11-12,17H,1-10,15H2,(H,16,18). The molecule has 0 aromatic heterocycles. The first-order valence-electron chi connectivity index (χ1n) is 7.33. The van der Waals surface area contributed by atoms with Gasteiger partial charge in [-0.05, 0) is 37.6 Å². The SMILES string of the molecule is NCC1(CC(=O)NC2CCCCCC2O)CCC1.